The van der Waals surface area contributed by atoms with Gasteiger partial charge in [0.2, 0.25) is 0 Å². The van der Waals surface area contributed by atoms with Gasteiger partial charge in [-0.25, -0.2) is 0 Å². The summed E-state index contributed by atoms with van der Waals surface area (Å²) >= 11 is 5.98. The summed E-state index contributed by atoms with van der Waals surface area (Å²) in [5.41, 5.74) is 1.54. The number of aryl methyl sites for hydroxylation is 2. The van der Waals surface area contributed by atoms with Crippen LogP contribution in [0.1, 0.15) is 30.5 Å². The van der Waals surface area contributed by atoms with E-state index in [2.05, 4.69) is 16.2 Å². The van der Waals surface area contributed by atoms with Crippen LogP contribution in [0, 0.1) is 6.92 Å². The molecule has 1 aliphatic rings. The SMILES string of the molecule is Cc1nn(C)cc1CN1CCCC(O)(COc2cccc(Cl)c2)CC1. The van der Waals surface area contributed by atoms with Crippen LogP contribution in [-0.4, -0.2) is 45.1 Å². The standard InChI is InChI=1S/C19H26ClN3O2/c1-15-16(12-22(2)21-15)13-23-9-4-7-19(24,8-10-23)14-25-18-6-3-5-17(20)11-18/h3,5-6,11-12,24H,4,7-10,13-14H2,1-2H3. The van der Waals surface area contributed by atoms with Crippen molar-refractivity contribution in [2.45, 2.75) is 38.3 Å². The second-order valence-electron chi connectivity index (χ2n) is 7.01. The molecule has 0 saturated carbocycles. The van der Waals surface area contributed by atoms with Gasteiger partial charge in [-0.3, -0.25) is 9.58 Å². The quantitative estimate of drug-likeness (QED) is 0.886. The van der Waals surface area contributed by atoms with Crippen LogP contribution in [0.3, 0.4) is 0 Å². The van der Waals surface area contributed by atoms with E-state index in [9.17, 15) is 5.11 Å². The van der Waals surface area contributed by atoms with Crippen molar-refractivity contribution in [2.75, 3.05) is 19.7 Å². The molecule has 136 valence electrons. The van der Waals surface area contributed by atoms with Gasteiger partial charge in [-0.05, 0) is 50.9 Å². The number of aliphatic hydroxyl groups is 1. The highest BCUT2D eigenvalue weighted by Gasteiger charge is 2.31. The van der Waals surface area contributed by atoms with Crippen LogP contribution < -0.4 is 4.74 Å². The number of likely N-dealkylation sites (tertiary alicyclic amines) is 1. The zero-order chi connectivity index (χ0) is 17.9. The minimum absolute atomic E-state index is 0.299. The van der Waals surface area contributed by atoms with E-state index in [1.807, 2.05) is 36.9 Å². The molecule has 0 amide bonds. The van der Waals surface area contributed by atoms with Crippen molar-refractivity contribution in [1.29, 1.82) is 0 Å². The van der Waals surface area contributed by atoms with Crippen LogP contribution in [0.2, 0.25) is 5.02 Å². The van der Waals surface area contributed by atoms with Crippen LogP contribution in [0.15, 0.2) is 30.5 Å². The minimum atomic E-state index is -0.791. The highest BCUT2D eigenvalue weighted by Crippen LogP contribution is 2.26. The summed E-state index contributed by atoms with van der Waals surface area (Å²) in [4.78, 5) is 2.39. The predicted octanol–water partition coefficient (Wildman–Crippen LogP) is 3.18. The van der Waals surface area contributed by atoms with E-state index in [1.165, 1.54) is 5.56 Å². The maximum Gasteiger partial charge on any atom is 0.120 e. The molecule has 1 saturated heterocycles. The van der Waals surface area contributed by atoms with Crippen molar-refractivity contribution in [3.05, 3.63) is 46.7 Å². The lowest BCUT2D eigenvalue weighted by molar-refractivity contribution is -0.0168. The van der Waals surface area contributed by atoms with Crippen LogP contribution in [0.25, 0.3) is 0 Å². The normalized spacial score (nSPS) is 21.9. The molecule has 1 atom stereocenters. The molecule has 0 bridgehead atoms. The lowest BCUT2D eigenvalue weighted by Gasteiger charge is -2.27. The summed E-state index contributed by atoms with van der Waals surface area (Å²) in [5.74, 6) is 0.702. The lowest BCUT2D eigenvalue weighted by atomic mass is 9.96. The largest absolute Gasteiger partial charge is 0.491 e. The number of ether oxygens (including phenoxy) is 1. The van der Waals surface area contributed by atoms with Gasteiger partial charge in [0.25, 0.3) is 0 Å². The summed E-state index contributed by atoms with van der Waals surface area (Å²) in [6, 6.07) is 7.31. The van der Waals surface area contributed by atoms with E-state index in [0.717, 1.165) is 38.2 Å². The maximum absolute atomic E-state index is 10.9. The van der Waals surface area contributed by atoms with Crippen LogP contribution in [0.4, 0.5) is 0 Å². The Kier molecular flexibility index (Phi) is 5.67. The average molecular weight is 364 g/mol. The van der Waals surface area contributed by atoms with Gasteiger partial charge in [0, 0.05) is 36.9 Å². The first-order valence-electron chi connectivity index (χ1n) is 8.76. The number of rotatable bonds is 5. The Morgan fingerprint density at radius 3 is 2.88 bits per heavy atom. The Morgan fingerprint density at radius 1 is 1.32 bits per heavy atom. The Labute approximate surface area is 154 Å². The Morgan fingerprint density at radius 2 is 2.16 bits per heavy atom. The summed E-state index contributed by atoms with van der Waals surface area (Å²) in [5, 5.41) is 16.0. The molecule has 1 N–H and O–H groups in total. The van der Waals surface area contributed by atoms with Crippen molar-refractivity contribution in [1.82, 2.24) is 14.7 Å². The molecule has 3 rings (SSSR count). The van der Waals surface area contributed by atoms with Crippen LogP contribution in [0.5, 0.6) is 5.75 Å². The first-order valence-corrected chi connectivity index (χ1v) is 9.14. The van der Waals surface area contributed by atoms with Crippen LogP contribution in [-0.2, 0) is 13.6 Å². The van der Waals surface area contributed by atoms with E-state index in [-0.39, 0.29) is 0 Å². The monoisotopic (exact) mass is 363 g/mol. The molecule has 5 nitrogen and oxygen atoms in total. The molecule has 1 aromatic carbocycles. The number of hydrogen-bond donors (Lipinski definition) is 1. The summed E-state index contributed by atoms with van der Waals surface area (Å²) in [6.07, 6.45) is 4.48. The predicted molar refractivity (Wildman–Crippen MR) is 99.0 cm³/mol. The van der Waals surface area contributed by atoms with Gasteiger partial charge in [0.1, 0.15) is 12.4 Å². The highest BCUT2D eigenvalue weighted by atomic mass is 35.5. The van der Waals surface area contributed by atoms with E-state index < -0.39 is 5.60 Å². The molecule has 25 heavy (non-hydrogen) atoms. The van der Waals surface area contributed by atoms with E-state index in [0.29, 0.717) is 23.8 Å². The van der Waals surface area contributed by atoms with Crippen molar-refractivity contribution >= 4 is 11.6 Å². The molecule has 0 radical (unpaired) electrons. The van der Waals surface area contributed by atoms with Gasteiger partial charge in [0.15, 0.2) is 0 Å². The average Bonchev–Trinajstić information content (AvgIpc) is 2.76. The third-order valence-electron chi connectivity index (χ3n) is 4.82. The fraction of sp³-hybridized carbons (Fsp3) is 0.526. The van der Waals surface area contributed by atoms with Gasteiger partial charge < -0.3 is 9.84 Å². The molecule has 2 aromatic rings. The van der Waals surface area contributed by atoms with Crippen molar-refractivity contribution < 1.29 is 9.84 Å². The molecular weight excluding hydrogens is 338 g/mol. The zero-order valence-electron chi connectivity index (χ0n) is 14.9. The fourth-order valence-electron chi connectivity index (χ4n) is 3.36. The fourth-order valence-corrected chi connectivity index (χ4v) is 3.54. The molecule has 1 aliphatic heterocycles. The zero-order valence-corrected chi connectivity index (χ0v) is 15.7. The number of nitrogens with zero attached hydrogens (tertiary/aromatic N) is 3. The molecule has 0 aliphatic carbocycles. The summed E-state index contributed by atoms with van der Waals surface area (Å²) in [6.45, 7) is 5.05. The molecule has 2 heterocycles. The number of hydrogen-bond acceptors (Lipinski definition) is 4. The van der Waals surface area contributed by atoms with E-state index >= 15 is 0 Å². The van der Waals surface area contributed by atoms with Crippen LogP contribution >= 0.6 is 11.6 Å². The summed E-state index contributed by atoms with van der Waals surface area (Å²) in [7, 11) is 1.95. The first-order chi connectivity index (χ1) is 11.9. The Balaban J connectivity index is 1.55. The Bertz CT molecular complexity index is 718. The molecule has 6 heteroatoms. The second kappa shape index (κ2) is 7.77. The number of benzene rings is 1. The van der Waals surface area contributed by atoms with Gasteiger partial charge in [-0.2, -0.15) is 5.10 Å². The molecule has 1 aromatic heterocycles. The molecular formula is C19H26ClN3O2. The van der Waals surface area contributed by atoms with Gasteiger partial charge in [0.05, 0.1) is 11.3 Å². The van der Waals surface area contributed by atoms with Crippen molar-refractivity contribution in [3.8, 4) is 5.75 Å². The lowest BCUT2D eigenvalue weighted by Crippen LogP contribution is -2.37. The second-order valence-corrected chi connectivity index (χ2v) is 7.45. The Hall–Kier alpha value is -1.56. The molecule has 0 spiro atoms. The summed E-state index contributed by atoms with van der Waals surface area (Å²) < 4.78 is 7.65. The molecule has 1 fully saturated rings. The van der Waals surface area contributed by atoms with Gasteiger partial charge in [-0.15, -0.1) is 0 Å². The first kappa shape index (κ1) is 18.2. The number of halogens is 1. The van der Waals surface area contributed by atoms with Gasteiger partial charge >= 0.3 is 0 Å². The smallest absolute Gasteiger partial charge is 0.120 e. The van der Waals surface area contributed by atoms with Crippen molar-refractivity contribution in [3.63, 3.8) is 0 Å². The number of aromatic nitrogens is 2. The third kappa shape index (κ3) is 4.97. The molecule has 1 unspecified atom stereocenters. The maximum atomic E-state index is 10.9. The van der Waals surface area contributed by atoms with Gasteiger partial charge in [-0.1, -0.05) is 17.7 Å². The third-order valence-corrected chi connectivity index (χ3v) is 5.06. The minimum Gasteiger partial charge on any atom is -0.491 e. The van der Waals surface area contributed by atoms with Crippen molar-refractivity contribution in [2.24, 2.45) is 7.05 Å². The highest BCUT2D eigenvalue weighted by molar-refractivity contribution is 6.30. The topological polar surface area (TPSA) is 50.5 Å². The van der Waals surface area contributed by atoms with E-state index in [4.69, 9.17) is 16.3 Å². The van der Waals surface area contributed by atoms with E-state index in [1.54, 1.807) is 6.07 Å².